The van der Waals surface area contributed by atoms with Crippen molar-refractivity contribution in [2.24, 2.45) is 0 Å². The number of benzene rings is 3. The lowest BCUT2D eigenvalue weighted by atomic mass is 9.84. The first-order chi connectivity index (χ1) is 15.1. The number of nitro benzene ring substituents is 1. The molecule has 0 N–H and O–H groups in total. The van der Waals surface area contributed by atoms with Gasteiger partial charge >= 0.3 is 0 Å². The van der Waals surface area contributed by atoms with Crippen molar-refractivity contribution in [2.45, 2.75) is 24.6 Å². The molecule has 5 rings (SSSR count). The van der Waals surface area contributed by atoms with Crippen LogP contribution in [0.5, 0.6) is 0 Å². The summed E-state index contributed by atoms with van der Waals surface area (Å²) in [6.07, 6.45) is 0.562. The Bertz CT molecular complexity index is 1100. The van der Waals surface area contributed by atoms with Gasteiger partial charge in [-0.15, -0.1) is 0 Å². The number of carbonyl (C=O) groups is 1. The molecule has 2 heterocycles. The zero-order valence-electron chi connectivity index (χ0n) is 16.8. The molecule has 1 spiro atoms. The summed E-state index contributed by atoms with van der Waals surface area (Å²) in [4.78, 5) is 31.6. The standard InChI is InChI=1S/C24H21N3O4/c28-23-24(17-25(23)20-11-13-21(14-12-20)27(29)30)15-22(19-9-5-2-6-10-19)26(31-24)16-18-7-3-1-4-8-18/h1-14,22H,15-17H2/t22-,24+/m0/s1. The summed E-state index contributed by atoms with van der Waals surface area (Å²) in [5.41, 5.74) is 1.96. The first-order valence-electron chi connectivity index (χ1n) is 10.2. The average Bonchev–Trinajstić information content (AvgIpc) is 3.20. The Kier molecular flexibility index (Phi) is 4.77. The molecule has 156 valence electrons. The highest BCUT2D eigenvalue weighted by Crippen LogP contribution is 2.47. The summed E-state index contributed by atoms with van der Waals surface area (Å²) in [5.74, 6) is -0.113. The van der Waals surface area contributed by atoms with Crippen molar-refractivity contribution in [3.63, 3.8) is 0 Å². The minimum absolute atomic E-state index is 0.00160. The monoisotopic (exact) mass is 415 g/mol. The third-order valence-corrected chi connectivity index (χ3v) is 5.95. The Morgan fingerprint density at radius 2 is 1.61 bits per heavy atom. The number of non-ortho nitro benzene ring substituents is 1. The normalized spacial score (nSPS) is 23.2. The lowest BCUT2D eigenvalue weighted by molar-refractivity contribution is -0.384. The van der Waals surface area contributed by atoms with Crippen LogP contribution in [-0.2, 0) is 16.2 Å². The van der Waals surface area contributed by atoms with Crippen LogP contribution in [0.4, 0.5) is 11.4 Å². The van der Waals surface area contributed by atoms with Gasteiger partial charge < -0.3 is 4.90 Å². The minimum Gasteiger partial charge on any atom is -0.306 e. The Morgan fingerprint density at radius 1 is 0.968 bits per heavy atom. The van der Waals surface area contributed by atoms with E-state index in [-0.39, 0.29) is 17.6 Å². The van der Waals surface area contributed by atoms with Crippen LogP contribution >= 0.6 is 0 Å². The third kappa shape index (κ3) is 3.48. The molecular weight excluding hydrogens is 394 g/mol. The number of hydrogen-bond donors (Lipinski definition) is 0. The molecule has 0 bridgehead atoms. The van der Waals surface area contributed by atoms with Gasteiger partial charge in [-0.1, -0.05) is 60.7 Å². The average molecular weight is 415 g/mol. The molecule has 7 heteroatoms. The number of carbonyl (C=O) groups excluding carboxylic acids is 1. The van der Waals surface area contributed by atoms with Crippen LogP contribution in [0.15, 0.2) is 84.9 Å². The zero-order chi connectivity index (χ0) is 21.4. The van der Waals surface area contributed by atoms with Crippen molar-refractivity contribution in [1.82, 2.24) is 5.06 Å². The molecule has 2 aliphatic heterocycles. The molecule has 0 aliphatic carbocycles. The fourth-order valence-corrected chi connectivity index (χ4v) is 4.34. The summed E-state index contributed by atoms with van der Waals surface area (Å²) in [6.45, 7) is 0.991. The Labute approximate surface area is 179 Å². The van der Waals surface area contributed by atoms with E-state index in [1.165, 1.54) is 12.1 Å². The molecular formula is C24H21N3O4. The van der Waals surface area contributed by atoms with Crippen LogP contribution < -0.4 is 4.90 Å². The van der Waals surface area contributed by atoms with Crippen molar-refractivity contribution < 1.29 is 14.6 Å². The first-order valence-corrected chi connectivity index (χ1v) is 10.2. The largest absolute Gasteiger partial charge is 0.306 e. The van der Waals surface area contributed by atoms with Crippen LogP contribution in [0.2, 0.25) is 0 Å². The second kappa shape index (κ2) is 7.61. The molecule has 0 unspecified atom stereocenters. The summed E-state index contributed by atoms with van der Waals surface area (Å²) in [6, 6.07) is 26.1. The Balaban J connectivity index is 1.38. The van der Waals surface area contributed by atoms with Crippen molar-refractivity contribution in [2.75, 3.05) is 11.4 Å². The van der Waals surface area contributed by atoms with Gasteiger partial charge in [0.2, 0.25) is 0 Å². The maximum atomic E-state index is 13.2. The maximum absolute atomic E-state index is 13.2. The highest BCUT2D eigenvalue weighted by Gasteiger charge is 2.61. The molecule has 2 fully saturated rings. The molecule has 2 atom stereocenters. The number of nitro groups is 1. The van der Waals surface area contributed by atoms with Crippen LogP contribution in [0, 0.1) is 10.1 Å². The molecule has 2 aliphatic rings. The number of β-lactam (4-membered cyclic amide) rings is 1. The van der Waals surface area contributed by atoms with Gasteiger partial charge in [0.25, 0.3) is 11.6 Å². The van der Waals surface area contributed by atoms with Crippen LogP contribution in [-0.4, -0.2) is 28.0 Å². The molecule has 3 aromatic rings. The van der Waals surface area contributed by atoms with E-state index in [1.54, 1.807) is 17.0 Å². The lowest BCUT2D eigenvalue weighted by Crippen LogP contribution is -2.67. The number of hydroxylamine groups is 2. The van der Waals surface area contributed by atoms with Gasteiger partial charge in [-0.2, -0.15) is 5.06 Å². The highest BCUT2D eigenvalue weighted by molar-refractivity contribution is 6.07. The summed E-state index contributed by atoms with van der Waals surface area (Å²) in [5, 5.41) is 12.8. The Morgan fingerprint density at radius 3 is 2.23 bits per heavy atom. The molecule has 7 nitrogen and oxygen atoms in total. The van der Waals surface area contributed by atoms with Crippen molar-refractivity contribution in [1.29, 1.82) is 0 Å². The van der Waals surface area contributed by atoms with Gasteiger partial charge in [0.1, 0.15) is 0 Å². The summed E-state index contributed by atoms with van der Waals surface area (Å²) < 4.78 is 0. The van der Waals surface area contributed by atoms with E-state index in [1.807, 2.05) is 53.6 Å². The van der Waals surface area contributed by atoms with Gasteiger partial charge in [-0.05, 0) is 23.3 Å². The van der Waals surface area contributed by atoms with E-state index in [0.717, 1.165) is 11.1 Å². The van der Waals surface area contributed by atoms with Gasteiger partial charge in [-0.3, -0.25) is 19.7 Å². The first kappa shape index (κ1) is 19.4. The fourth-order valence-electron chi connectivity index (χ4n) is 4.34. The predicted molar refractivity (Wildman–Crippen MR) is 115 cm³/mol. The molecule has 3 aromatic carbocycles. The number of hydrogen-bond acceptors (Lipinski definition) is 5. The van der Waals surface area contributed by atoms with Crippen molar-refractivity contribution >= 4 is 17.3 Å². The van der Waals surface area contributed by atoms with E-state index in [4.69, 9.17) is 4.84 Å². The number of anilines is 1. The van der Waals surface area contributed by atoms with Crippen LogP contribution in [0.1, 0.15) is 23.6 Å². The summed E-state index contributed by atoms with van der Waals surface area (Å²) in [7, 11) is 0. The van der Waals surface area contributed by atoms with E-state index >= 15 is 0 Å². The van der Waals surface area contributed by atoms with Crippen LogP contribution in [0.3, 0.4) is 0 Å². The molecule has 31 heavy (non-hydrogen) atoms. The predicted octanol–water partition coefficient (Wildman–Crippen LogP) is 4.26. The van der Waals surface area contributed by atoms with E-state index in [0.29, 0.717) is 25.2 Å². The molecule has 0 aromatic heterocycles. The fraction of sp³-hybridized carbons (Fsp3) is 0.208. The maximum Gasteiger partial charge on any atom is 0.269 e. The second-order valence-electron chi connectivity index (χ2n) is 7.94. The number of rotatable bonds is 5. The van der Waals surface area contributed by atoms with E-state index in [2.05, 4.69) is 12.1 Å². The third-order valence-electron chi connectivity index (χ3n) is 5.95. The molecule has 2 saturated heterocycles. The minimum atomic E-state index is -0.906. The molecule has 1 amide bonds. The Hall–Kier alpha value is -3.55. The van der Waals surface area contributed by atoms with Crippen molar-refractivity contribution in [3.05, 3.63) is 106 Å². The molecule has 0 radical (unpaired) electrons. The quantitative estimate of drug-likeness (QED) is 0.354. The van der Waals surface area contributed by atoms with Gasteiger partial charge in [-0.25, -0.2) is 0 Å². The number of nitrogens with zero attached hydrogens (tertiary/aromatic N) is 3. The number of amides is 1. The van der Waals surface area contributed by atoms with Crippen molar-refractivity contribution in [3.8, 4) is 0 Å². The SMILES string of the molecule is O=C1N(c2ccc([N+](=O)[O-])cc2)C[C@]12C[C@@H](c1ccccc1)N(Cc1ccccc1)O2. The van der Waals surface area contributed by atoms with Gasteiger partial charge in [0.15, 0.2) is 5.60 Å². The van der Waals surface area contributed by atoms with Gasteiger partial charge in [0, 0.05) is 30.8 Å². The van der Waals surface area contributed by atoms with Crippen LogP contribution in [0.25, 0.3) is 0 Å². The molecule has 0 saturated carbocycles. The smallest absolute Gasteiger partial charge is 0.269 e. The van der Waals surface area contributed by atoms with E-state index in [9.17, 15) is 14.9 Å². The highest BCUT2D eigenvalue weighted by atomic mass is 16.7. The van der Waals surface area contributed by atoms with E-state index < -0.39 is 10.5 Å². The lowest BCUT2D eigenvalue weighted by Gasteiger charge is -2.45. The summed E-state index contributed by atoms with van der Waals surface area (Å²) >= 11 is 0. The van der Waals surface area contributed by atoms with Gasteiger partial charge in [0.05, 0.1) is 17.5 Å². The zero-order valence-corrected chi connectivity index (χ0v) is 16.8. The topological polar surface area (TPSA) is 75.9 Å². The second-order valence-corrected chi connectivity index (χ2v) is 7.94.